The molecule has 2 unspecified atom stereocenters. The standard InChI is InChI=1S/C33H36O4/c1-32(2,3)24-13-9-20(10-14-24)30(34)36-28-18-26-22-7-8-23(17-22)27(26)19-29(28)37-31(35)21-11-15-25(16-12-21)33(4,5)6/h9-16,18-19,22-23H,7-8,17H2,1-6H3. The number of ether oxygens (including phenoxy) is 2. The van der Waals surface area contributed by atoms with E-state index in [9.17, 15) is 9.59 Å². The number of hydrogen-bond donors (Lipinski definition) is 0. The molecule has 192 valence electrons. The molecule has 0 aliphatic heterocycles. The van der Waals surface area contributed by atoms with Gasteiger partial charge in [0.1, 0.15) is 0 Å². The van der Waals surface area contributed by atoms with Crippen LogP contribution in [-0.2, 0) is 10.8 Å². The van der Waals surface area contributed by atoms with Gasteiger partial charge in [-0.2, -0.15) is 0 Å². The molecule has 1 saturated carbocycles. The predicted molar refractivity (Wildman–Crippen MR) is 146 cm³/mol. The van der Waals surface area contributed by atoms with E-state index < -0.39 is 11.9 Å². The summed E-state index contributed by atoms with van der Waals surface area (Å²) in [7, 11) is 0. The van der Waals surface area contributed by atoms with Crippen LogP contribution >= 0.6 is 0 Å². The first-order valence-electron chi connectivity index (χ1n) is 13.2. The summed E-state index contributed by atoms with van der Waals surface area (Å²) in [6, 6.07) is 18.8. The van der Waals surface area contributed by atoms with E-state index in [-0.39, 0.29) is 10.8 Å². The summed E-state index contributed by atoms with van der Waals surface area (Å²) in [6.07, 6.45) is 3.42. The van der Waals surface area contributed by atoms with Gasteiger partial charge in [-0.3, -0.25) is 0 Å². The molecular formula is C33H36O4. The molecule has 2 bridgehead atoms. The second-order valence-corrected chi connectivity index (χ2v) is 12.6. The highest BCUT2D eigenvalue weighted by atomic mass is 16.6. The first-order chi connectivity index (χ1) is 17.4. The van der Waals surface area contributed by atoms with Gasteiger partial charge in [0, 0.05) is 0 Å². The molecule has 0 aromatic heterocycles. The molecule has 1 fully saturated rings. The van der Waals surface area contributed by atoms with Gasteiger partial charge in [-0.05, 0) is 101 Å². The Hall–Kier alpha value is -3.40. The van der Waals surface area contributed by atoms with Gasteiger partial charge in [-0.25, -0.2) is 9.59 Å². The summed E-state index contributed by atoms with van der Waals surface area (Å²) in [5.41, 5.74) is 5.64. The molecule has 2 aliphatic rings. The Bertz CT molecular complexity index is 1230. The molecular weight excluding hydrogens is 460 g/mol. The van der Waals surface area contributed by atoms with Crippen LogP contribution in [0.15, 0.2) is 60.7 Å². The van der Waals surface area contributed by atoms with Gasteiger partial charge in [0.15, 0.2) is 11.5 Å². The summed E-state index contributed by atoms with van der Waals surface area (Å²) in [5.74, 6) is 0.647. The maximum absolute atomic E-state index is 13.1. The summed E-state index contributed by atoms with van der Waals surface area (Å²) in [5, 5.41) is 0. The van der Waals surface area contributed by atoms with Crippen molar-refractivity contribution in [1.29, 1.82) is 0 Å². The van der Waals surface area contributed by atoms with Gasteiger partial charge in [-0.1, -0.05) is 65.8 Å². The Balaban J connectivity index is 1.42. The maximum Gasteiger partial charge on any atom is 0.343 e. The quantitative estimate of drug-likeness (QED) is 0.271. The minimum Gasteiger partial charge on any atom is -0.419 e. The second-order valence-electron chi connectivity index (χ2n) is 12.6. The van der Waals surface area contributed by atoms with Crippen LogP contribution in [0.5, 0.6) is 11.5 Å². The van der Waals surface area contributed by atoms with Crippen molar-refractivity contribution in [3.05, 3.63) is 94.0 Å². The van der Waals surface area contributed by atoms with Crippen LogP contribution < -0.4 is 9.47 Å². The minimum atomic E-state index is -0.463. The molecule has 0 spiro atoms. The average molecular weight is 497 g/mol. The van der Waals surface area contributed by atoms with Crippen LogP contribution in [0.2, 0.25) is 0 Å². The van der Waals surface area contributed by atoms with Gasteiger partial charge in [0.05, 0.1) is 11.1 Å². The van der Waals surface area contributed by atoms with Crippen molar-refractivity contribution in [3.63, 3.8) is 0 Å². The smallest absolute Gasteiger partial charge is 0.343 e. The number of hydrogen-bond acceptors (Lipinski definition) is 4. The van der Waals surface area contributed by atoms with E-state index in [1.807, 2.05) is 36.4 Å². The molecule has 37 heavy (non-hydrogen) atoms. The summed E-state index contributed by atoms with van der Waals surface area (Å²) in [6.45, 7) is 12.8. The van der Waals surface area contributed by atoms with E-state index in [1.54, 1.807) is 24.3 Å². The molecule has 3 aromatic carbocycles. The van der Waals surface area contributed by atoms with E-state index in [0.717, 1.165) is 30.4 Å². The van der Waals surface area contributed by atoms with E-state index in [0.29, 0.717) is 34.5 Å². The molecule has 0 saturated heterocycles. The highest BCUT2D eigenvalue weighted by Crippen LogP contribution is 2.55. The Morgan fingerprint density at radius 2 is 0.973 bits per heavy atom. The first-order valence-corrected chi connectivity index (χ1v) is 13.2. The lowest BCUT2D eigenvalue weighted by atomic mass is 9.87. The predicted octanol–water partition coefficient (Wildman–Crippen LogP) is 8.08. The van der Waals surface area contributed by atoms with E-state index in [4.69, 9.17) is 9.47 Å². The summed E-state index contributed by atoms with van der Waals surface area (Å²) < 4.78 is 11.7. The Kier molecular flexibility index (Phi) is 6.26. The van der Waals surface area contributed by atoms with E-state index >= 15 is 0 Å². The molecule has 5 rings (SSSR count). The fourth-order valence-corrected chi connectivity index (χ4v) is 5.53. The molecule has 2 atom stereocenters. The normalized spacial score (nSPS) is 18.4. The number of carbonyl (C=O) groups excluding carboxylic acids is 2. The third-order valence-corrected chi connectivity index (χ3v) is 7.84. The molecule has 4 heteroatoms. The zero-order valence-corrected chi connectivity index (χ0v) is 22.7. The van der Waals surface area contributed by atoms with Crippen molar-refractivity contribution in [2.24, 2.45) is 0 Å². The van der Waals surface area contributed by atoms with Gasteiger partial charge < -0.3 is 9.47 Å². The van der Waals surface area contributed by atoms with Crippen LogP contribution in [0.1, 0.15) is 116 Å². The molecule has 0 heterocycles. The third-order valence-electron chi connectivity index (χ3n) is 7.84. The fourth-order valence-electron chi connectivity index (χ4n) is 5.53. The Morgan fingerprint density at radius 3 is 1.30 bits per heavy atom. The van der Waals surface area contributed by atoms with Crippen LogP contribution in [0, 0.1) is 0 Å². The topological polar surface area (TPSA) is 52.6 Å². The second kappa shape index (κ2) is 9.16. The van der Waals surface area contributed by atoms with Crippen LogP contribution in [-0.4, -0.2) is 11.9 Å². The molecule has 4 nitrogen and oxygen atoms in total. The summed E-state index contributed by atoms with van der Waals surface area (Å²) >= 11 is 0. The largest absolute Gasteiger partial charge is 0.419 e. The minimum absolute atomic E-state index is 0.00577. The number of fused-ring (bicyclic) bond motifs is 5. The van der Waals surface area contributed by atoms with E-state index in [1.165, 1.54) is 11.1 Å². The summed E-state index contributed by atoms with van der Waals surface area (Å²) in [4.78, 5) is 26.2. The molecule has 0 N–H and O–H groups in total. The zero-order valence-electron chi connectivity index (χ0n) is 22.7. The molecule has 0 amide bonds. The molecule has 2 aliphatic carbocycles. The zero-order chi connectivity index (χ0) is 26.5. The van der Waals surface area contributed by atoms with Crippen molar-refractivity contribution in [3.8, 4) is 11.5 Å². The van der Waals surface area contributed by atoms with Gasteiger partial charge in [-0.15, -0.1) is 0 Å². The number of carbonyl (C=O) groups is 2. The van der Waals surface area contributed by atoms with Gasteiger partial charge in [0.2, 0.25) is 0 Å². The lowest BCUT2D eigenvalue weighted by molar-refractivity contribution is 0.0682. The maximum atomic E-state index is 13.1. The number of rotatable bonds is 4. The van der Waals surface area contributed by atoms with Crippen LogP contribution in [0.3, 0.4) is 0 Å². The highest BCUT2D eigenvalue weighted by Gasteiger charge is 2.38. The highest BCUT2D eigenvalue weighted by molar-refractivity contribution is 5.93. The first kappa shape index (κ1) is 25.3. The van der Waals surface area contributed by atoms with E-state index in [2.05, 4.69) is 41.5 Å². The van der Waals surface area contributed by atoms with Gasteiger partial charge >= 0.3 is 11.9 Å². The SMILES string of the molecule is CC(C)(C)c1ccc(C(=O)Oc2cc3c(cc2OC(=O)c2ccc(C(C)(C)C)cc2)C2CCC3C2)cc1. The Labute approximate surface area is 220 Å². The monoisotopic (exact) mass is 496 g/mol. The number of benzene rings is 3. The van der Waals surface area contributed by atoms with Gasteiger partial charge in [0.25, 0.3) is 0 Å². The number of esters is 2. The molecule has 0 radical (unpaired) electrons. The lowest BCUT2D eigenvalue weighted by Crippen LogP contribution is -2.15. The van der Waals surface area contributed by atoms with Crippen LogP contribution in [0.25, 0.3) is 0 Å². The van der Waals surface area contributed by atoms with Crippen molar-refractivity contribution < 1.29 is 19.1 Å². The van der Waals surface area contributed by atoms with Crippen molar-refractivity contribution in [2.75, 3.05) is 0 Å². The average Bonchev–Trinajstić information content (AvgIpc) is 3.46. The van der Waals surface area contributed by atoms with Crippen molar-refractivity contribution in [2.45, 2.75) is 83.5 Å². The Morgan fingerprint density at radius 1 is 0.622 bits per heavy atom. The van der Waals surface area contributed by atoms with Crippen LogP contribution in [0.4, 0.5) is 0 Å². The van der Waals surface area contributed by atoms with Crippen molar-refractivity contribution >= 4 is 11.9 Å². The fraction of sp³-hybridized carbons (Fsp3) is 0.394. The molecule has 3 aromatic rings. The third kappa shape index (κ3) is 5.07. The lowest BCUT2D eigenvalue weighted by Gasteiger charge is -2.20. The van der Waals surface area contributed by atoms with Crippen molar-refractivity contribution in [1.82, 2.24) is 0 Å².